The lowest BCUT2D eigenvalue weighted by Crippen LogP contribution is -2.29. The van der Waals surface area contributed by atoms with Crippen LogP contribution in [0.15, 0.2) is 54.7 Å². The Hall–Kier alpha value is -1.66. The summed E-state index contributed by atoms with van der Waals surface area (Å²) in [6.45, 7) is 7.70. The molecule has 0 N–H and O–H groups in total. The second kappa shape index (κ2) is 6.84. The van der Waals surface area contributed by atoms with E-state index in [4.69, 9.17) is 4.74 Å². The molecule has 4 heteroatoms. The standard InChI is InChI=1S/C19H18INO2/c1-13(2)21(19(22)17-5-3-4-6-18(17)20)10-14-7-8-15-11-23-12-16(15)9-14/h3-9H,1,10-12H2,2H3. The molecule has 0 aliphatic carbocycles. The third-order valence-electron chi connectivity index (χ3n) is 3.94. The van der Waals surface area contributed by atoms with Gasteiger partial charge < -0.3 is 9.64 Å². The smallest absolute Gasteiger partial charge is 0.259 e. The van der Waals surface area contributed by atoms with Gasteiger partial charge in [0.15, 0.2) is 0 Å². The fraction of sp³-hybridized carbons (Fsp3) is 0.211. The number of hydrogen-bond donors (Lipinski definition) is 0. The normalized spacial score (nSPS) is 12.8. The number of carbonyl (C=O) groups excluding carboxylic acids is 1. The zero-order valence-electron chi connectivity index (χ0n) is 13.0. The van der Waals surface area contributed by atoms with Crippen LogP contribution in [0.2, 0.25) is 0 Å². The summed E-state index contributed by atoms with van der Waals surface area (Å²) in [6.07, 6.45) is 0. The van der Waals surface area contributed by atoms with Crippen molar-refractivity contribution in [1.29, 1.82) is 0 Å². The van der Waals surface area contributed by atoms with Gasteiger partial charge in [0.25, 0.3) is 5.91 Å². The first kappa shape index (κ1) is 16.2. The van der Waals surface area contributed by atoms with E-state index >= 15 is 0 Å². The number of fused-ring (bicyclic) bond motifs is 1. The Balaban J connectivity index is 1.86. The molecule has 3 rings (SSSR count). The molecular weight excluding hydrogens is 401 g/mol. The second-order valence-corrected chi connectivity index (χ2v) is 6.86. The largest absolute Gasteiger partial charge is 0.372 e. The molecule has 0 saturated heterocycles. The highest BCUT2D eigenvalue weighted by Gasteiger charge is 2.20. The highest BCUT2D eigenvalue weighted by atomic mass is 127. The summed E-state index contributed by atoms with van der Waals surface area (Å²) in [5.41, 5.74) is 4.99. The van der Waals surface area contributed by atoms with E-state index in [1.807, 2.05) is 31.2 Å². The lowest BCUT2D eigenvalue weighted by atomic mass is 10.1. The van der Waals surface area contributed by atoms with Crippen LogP contribution in [-0.4, -0.2) is 10.8 Å². The van der Waals surface area contributed by atoms with Gasteiger partial charge >= 0.3 is 0 Å². The summed E-state index contributed by atoms with van der Waals surface area (Å²) in [6, 6.07) is 13.9. The second-order valence-electron chi connectivity index (χ2n) is 5.70. The van der Waals surface area contributed by atoms with E-state index in [9.17, 15) is 4.79 Å². The molecular formula is C19H18INO2. The predicted octanol–water partition coefficient (Wildman–Crippen LogP) is 4.50. The van der Waals surface area contributed by atoms with Crippen molar-refractivity contribution in [3.05, 3.63) is 80.6 Å². The van der Waals surface area contributed by atoms with Crippen LogP contribution in [0.3, 0.4) is 0 Å². The van der Waals surface area contributed by atoms with Gasteiger partial charge in [-0.05, 0) is 58.3 Å². The van der Waals surface area contributed by atoms with Gasteiger partial charge in [-0.3, -0.25) is 4.79 Å². The molecule has 23 heavy (non-hydrogen) atoms. The quantitative estimate of drug-likeness (QED) is 0.684. The van der Waals surface area contributed by atoms with Crippen LogP contribution >= 0.6 is 22.6 Å². The first-order chi connectivity index (χ1) is 11.1. The number of carbonyl (C=O) groups is 1. The van der Waals surface area contributed by atoms with Gasteiger partial charge in [-0.15, -0.1) is 0 Å². The van der Waals surface area contributed by atoms with Crippen LogP contribution in [0.1, 0.15) is 34.0 Å². The van der Waals surface area contributed by atoms with E-state index in [1.54, 1.807) is 4.90 Å². The summed E-state index contributed by atoms with van der Waals surface area (Å²) in [5.74, 6) is -0.0146. The molecule has 1 aliphatic heterocycles. The van der Waals surface area contributed by atoms with Gasteiger partial charge in [-0.2, -0.15) is 0 Å². The van der Waals surface area contributed by atoms with E-state index in [-0.39, 0.29) is 5.91 Å². The van der Waals surface area contributed by atoms with Crippen LogP contribution in [0, 0.1) is 3.57 Å². The van der Waals surface area contributed by atoms with Crippen LogP contribution in [0.5, 0.6) is 0 Å². The van der Waals surface area contributed by atoms with Crippen molar-refractivity contribution in [3.63, 3.8) is 0 Å². The maximum Gasteiger partial charge on any atom is 0.259 e. The first-order valence-corrected chi connectivity index (χ1v) is 8.54. The summed E-state index contributed by atoms with van der Waals surface area (Å²) >= 11 is 2.19. The van der Waals surface area contributed by atoms with E-state index in [0.717, 1.165) is 14.8 Å². The molecule has 118 valence electrons. The van der Waals surface area contributed by atoms with Crippen molar-refractivity contribution in [1.82, 2.24) is 4.90 Å². The van der Waals surface area contributed by atoms with Gasteiger partial charge in [0.2, 0.25) is 0 Å². The average molecular weight is 419 g/mol. The Morgan fingerprint density at radius 1 is 1.22 bits per heavy atom. The van der Waals surface area contributed by atoms with Crippen LogP contribution in [0.4, 0.5) is 0 Å². The first-order valence-electron chi connectivity index (χ1n) is 7.46. The fourth-order valence-corrected chi connectivity index (χ4v) is 3.28. The monoisotopic (exact) mass is 419 g/mol. The summed E-state index contributed by atoms with van der Waals surface area (Å²) in [4.78, 5) is 14.6. The average Bonchev–Trinajstić information content (AvgIpc) is 2.99. The lowest BCUT2D eigenvalue weighted by Gasteiger charge is -2.23. The van der Waals surface area contributed by atoms with E-state index in [1.165, 1.54) is 11.1 Å². The van der Waals surface area contributed by atoms with E-state index in [2.05, 4.69) is 47.4 Å². The van der Waals surface area contributed by atoms with E-state index < -0.39 is 0 Å². The third kappa shape index (κ3) is 3.48. The molecule has 2 aromatic carbocycles. The van der Waals surface area contributed by atoms with Crippen molar-refractivity contribution in [2.24, 2.45) is 0 Å². The molecule has 0 bridgehead atoms. The van der Waals surface area contributed by atoms with Gasteiger partial charge in [0, 0.05) is 9.27 Å². The number of hydrogen-bond acceptors (Lipinski definition) is 2. The highest BCUT2D eigenvalue weighted by molar-refractivity contribution is 14.1. The van der Waals surface area contributed by atoms with E-state index in [0.29, 0.717) is 25.3 Å². The maximum absolute atomic E-state index is 12.9. The van der Waals surface area contributed by atoms with Crippen molar-refractivity contribution < 1.29 is 9.53 Å². The number of benzene rings is 2. The summed E-state index contributed by atoms with van der Waals surface area (Å²) < 4.78 is 6.40. The highest BCUT2D eigenvalue weighted by Crippen LogP contribution is 2.23. The zero-order chi connectivity index (χ0) is 16.4. The molecule has 1 heterocycles. The van der Waals surface area contributed by atoms with Crippen molar-refractivity contribution in [2.75, 3.05) is 0 Å². The van der Waals surface area contributed by atoms with Crippen molar-refractivity contribution in [2.45, 2.75) is 26.7 Å². The van der Waals surface area contributed by atoms with Crippen LogP contribution < -0.4 is 0 Å². The molecule has 0 saturated carbocycles. The molecule has 1 aliphatic rings. The van der Waals surface area contributed by atoms with Gasteiger partial charge in [0.1, 0.15) is 0 Å². The molecule has 0 unspecified atom stereocenters. The Morgan fingerprint density at radius 3 is 2.70 bits per heavy atom. The number of rotatable bonds is 4. The number of nitrogens with zero attached hydrogens (tertiary/aromatic N) is 1. The third-order valence-corrected chi connectivity index (χ3v) is 4.88. The molecule has 2 aromatic rings. The minimum atomic E-state index is -0.0146. The molecule has 1 amide bonds. The van der Waals surface area contributed by atoms with Gasteiger partial charge in [0.05, 0.1) is 25.3 Å². The Labute approximate surface area is 150 Å². The Kier molecular flexibility index (Phi) is 4.82. The number of halogens is 1. The SMILES string of the molecule is C=C(C)N(Cc1ccc2c(c1)COC2)C(=O)c1ccccc1I. The van der Waals surface area contributed by atoms with Crippen molar-refractivity contribution >= 4 is 28.5 Å². The Bertz CT molecular complexity index is 770. The predicted molar refractivity (Wildman–Crippen MR) is 98.8 cm³/mol. The van der Waals surface area contributed by atoms with Gasteiger partial charge in [-0.25, -0.2) is 0 Å². The number of ether oxygens (including phenoxy) is 1. The minimum Gasteiger partial charge on any atom is -0.372 e. The number of allylic oxidation sites excluding steroid dienone is 1. The molecule has 3 nitrogen and oxygen atoms in total. The van der Waals surface area contributed by atoms with Crippen LogP contribution in [-0.2, 0) is 24.5 Å². The molecule has 0 fully saturated rings. The fourth-order valence-electron chi connectivity index (χ4n) is 2.67. The van der Waals surface area contributed by atoms with Crippen LogP contribution in [0.25, 0.3) is 0 Å². The maximum atomic E-state index is 12.9. The molecule has 0 spiro atoms. The topological polar surface area (TPSA) is 29.5 Å². The van der Waals surface area contributed by atoms with Crippen molar-refractivity contribution in [3.8, 4) is 0 Å². The molecule has 0 atom stereocenters. The molecule has 0 aromatic heterocycles. The number of amides is 1. The summed E-state index contributed by atoms with van der Waals surface area (Å²) in [7, 11) is 0. The lowest BCUT2D eigenvalue weighted by molar-refractivity contribution is 0.0796. The minimum absolute atomic E-state index is 0.0146. The zero-order valence-corrected chi connectivity index (χ0v) is 15.2. The Morgan fingerprint density at radius 2 is 1.96 bits per heavy atom. The summed E-state index contributed by atoms with van der Waals surface area (Å²) in [5, 5.41) is 0. The molecule has 0 radical (unpaired) electrons. The van der Waals surface area contributed by atoms with Gasteiger partial charge in [-0.1, -0.05) is 36.9 Å².